The van der Waals surface area contributed by atoms with E-state index in [-0.39, 0.29) is 17.9 Å². The van der Waals surface area contributed by atoms with Gasteiger partial charge in [-0.1, -0.05) is 67.1 Å². The molecule has 2 aromatic rings. The Bertz CT molecular complexity index is 482. The molecule has 0 fully saturated rings. The number of halogens is 1. The maximum absolute atomic E-state index is 3.39. The predicted molar refractivity (Wildman–Crippen MR) is 99.0 cm³/mol. The lowest BCUT2D eigenvalue weighted by Crippen LogP contribution is -2.35. The molecule has 0 bridgehead atoms. The van der Waals surface area contributed by atoms with E-state index in [2.05, 4.69) is 79.8 Å². The Balaban J connectivity index is 0.00000242. The maximum atomic E-state index is 3.39. The van der Waals surface area contributed by atoms with Crippen molar-refractivity contribution in [2.24, 2.45) is 0 Å². The summed E-state index contributed by atoms with van der Waals surface area (Å²) in [5, 5.41) is 3.39. The van der Waals surface area contributed by atoms with Crippen molar-refractivity contribution < 1.29 is 0 Å². The standard InChI is InChI=1S/C20H27N.ClH/c1-20(2,21-3)16-10-15-19(17-11-6-4-7-12-17)18-13-8-5-9-14-18;/h4-9,11-14,19,21H,10,15-16H2,1-3H3;1H. The van der Waals surface area contributed by atoms with Crippen LogP contribution in [0.4, 0.5) is 0 Å². The molecule has 0 radical (unpaired) electrons. The molecule has 2 heteroatoms. The summed E-state index contributed by atoms with van der Waals surface area (Å²) >= 11 is 0. The third kappa shape index (κ3) is 5.47. The fourth-order valence-corrected chi connectivity index (χ4v) is 2.77. The first kappa shape index (κ1) is 18.7. The van der Waals surface area contributed by atoms with Crippen LogP contribution >= 0.6 is 12.4 Å². The quantitative estimate of drug-likeness (QED) is 0.720. The van der Waals surface area contributed by atoms with Crippen molar-refractivity contribution in [3.63, 3.8) is 0 Å². The average Bonchev–Trinajstić information content (AvgIpc) is 2.53. The van der Waals surface area contributed by atoms with Crippen LogP contribution in [0.2, 0.25) is 0 Å². The second-order valence-electron chi connectivity index (χ2n) is 6.40. The van der Waals surface area contributed by atoms with Crippen molar-refractivity contribution in [1.82, 2.24) is 5.32 Å². The summed E-state index contributed by atoms with van der Waals surface area (Å²) in [5.74, 6) is 0.500. The van der Waals surface area contributed by atoms with Crippen LogP contribution in [0, 0.1) is 0 Å². The van der Waals surface area contributed by atoms with E-state index in [0.29, 0.717) is 5.92 Å². The Morgan fingerprint density at radius 3 is 1.73 bits per heavy atom. The lowest BCUT2D eigenvalue weighted by molar-refractivity contribution is 0.373. The van der Waals surface area contributed by atoms with Crippen molar-refractivity contribution >= 4 is 12.4 Å². The third-order valence-electron chi connectivity index (χ3n) is 4.38. The molecule has 0 spiro atoms. The monoisotopic (exact) mass is 317 g/mol. The van der Waals surface area contributed by atoms with Gasteiger partial charge in [-0.05, 0) is 44.9 Å². The maximum Gasteiger partial charge on any atom is 0.0122 e. The van der Waals surface area contributed by atoms with E-state index in [4.69, 9.17) is 0 Å². The molecule has 2 aromatic carbocycles. The van der Waals surface area contributed by atoms with Gasteiger partial charge in [0.1, 0.15) is 0 Å². The van der Waals surface area contributed by atoms with Crippen molar-refractivity contribution in [3.05, 3.63) is 71.8 Å². The molecule has 120 valence electrons. The highest BCUT2D eigenvalue weighted by Gasteiger charge is 2.17. The van der Waals surface area contributed by atoms with Crippen LogP contribution in [0.5, 0.6) is 0 Å². The highest BCUT2D eigenvalue weighted by Crippen LogP contribution is 2.30. The summed E-state index contributed by atoms with van der Waals surface area (Å²) in [6.45, 7) is 4.54. The molecule has 0 saturated carbocycles. The molecule has 22 heavy (non-hydrogen) atoms. The smallest absolute Gasteiger partial charge is 0.0122 e. The van der Waals surface area contributed by atoms with E-state index in [1.807, 2.05) is 7.05 Å². The number of hydrogen-bond donors (Lipinski definition) is 1. The number of nitrogens with one attached hydrogen (secondary N) is 1. The molecule has 0 aliphatic heterocycles. The first-order valence-corrected chi connectivity index (χ1v) is 7.91. The highest BCUT2D eigenvalue weighted by atomic mass is 35.5. The average molecular weight is 318 g/mol. The van der Waals surface area contributed by atoms with Gasteiger partial charge in [-0.25, -0.2) is 0 Å². The Kier molecular flexibility index (Phi) is 7.64. The first-order chi connectivity index (χ1) is 10.1. The van der Waals surface area contributed by atoms with Gasteiger partial charge in [-0.2, -0.15) is 0 Å². The summed E-state index contributed by atoms with van der Waals surface area (Å²) in [7, 11) is 2.05. The summed E-state index contributed by atoms with van der Waals surface area (Å²) in [6, 6.07) is 21.8. The molecule has 1 nitrogen and oxygen atoms in total. The van der Waals surface area contributed by atoms with Crippen molar-refractivity contribution in [2.75, 3.05) is 7.05 Å². The van der Waals surface area contributed by atoms with E-state index >= 15 is 0 Å². The van der Waals surface area contributed by atoms with Crippen molar-refractivity contribution in [2.45, 2.75) is 44.6 Å². The van der Waals surface area contributed by atoms with Crippen LogP contribution in [-0.2, 0) is 0 Å². The molecule has 0 saturated heterocycles. The van der Waals surface area contributed by atoms with Gasteiger partial charge in [-0.15, -0.1) is 12.4 Å². The second-order valence-corrected chi connectivity index (χ2v) is 6.40. The fourth-order valence-electron chi connectivity index (χ4n) is 2.77. The van der Waals surface area contributed by atoms with E-state index in [1.165, 1.54) is 30.4 Å². The predicted octanol–water partition coefficient (Wildman–Crippen LogP) is 5.41. The zero-order valence-electron chi connectivity index (χ0n) is 13.9. The number of benzene rings is 2. The minimum atomic E-state index is 0. The highest BCUT2D eigenvalue weighted by molar-refractivity contribution is 5.85. The van der Waals surface area contributed by atoms with E-state index < -0.39 is 0 Å². The van der Waals surface area contributed by atoms with Crippen LogP contribution < -0.4 is 5.32 Å². The largest absolute Gasteiger partial charge is 0.315 e. The van der Waals surface area contributed by atoms with Crippen molar-refractivity contribution in [1.29, 1.82) is 0 Å². The van der Waals surface area contributed by atoms with Gasteiger partial charge in [0.25, 0.3) is 0 Å². The van der Waals surface area contributed by atoms with Gasteiger partial charge >= 0.3 is 0 Å². The van der Waals surface area contributed by atoms with Gasteiger partial charge in [-0.3, -0.25) is 0 Å². The number of rotatable bonds is 7. The lowest BCUT2D eigenvalue weighted by Gasteiger charge is -2.25. The summed E-state index contributed by atoms with van der Waals surface area (Å²) < 4.78 is 0. The molecule has 1 N–H and O–H groups in total. The molecule has 0 aliphatic carbocycles. The Morgan fingerprint density at radius 1 is 0.864 bits per heavy atom. The van der Waals surface area contributed by atoms with E-state index in [9.17, 15) is 0 Å². The Morgan fingerprint density at radius 2 is 1.32 bits per heavy atom. The zero-order chi connectivity index (χ0) is 15.1. The Hall–Kier alpha value is -1.31. The fraction of sp³-hybridized carbons (Fsp3) is 0.400. The van der Waals surface area contributed by atoms with Crippen LogP contribution in [0.3, 0.4) is 0 Å². The SMILES string of the molecule is CNC(C)(C)CCCC(c1ccccc1)c1ccccc1.Cl. The molecule has 0 amide bonds. The topological polar surface area (TPSA) is 12.0 Å². The van der Waals surface area contributed by atoms with Gasteiger partial charge < -0.3 is 5.32 Å². The summed E-state index contributed by atoms with van der Waals surface area (Å²) in [6.07, 6.45) is 3.61. The van der Waals surface area contributed by atoms with Gasteiger partial charge in [0.05, 0.1) is 0 Å². The first-order valence-electron chi connectivity index (χ1n) is 7.91. The van der Waals surface area contributed by atoms with E-state index in [1.54, 1.807) is 0 Å². The van der Waals surface area contributed by atoms with Crippen LogP contribution in [0.25, 0.3) is 0 Å². The normalized spacial score (nSPS) is 11.3. The van der Waals surface area contributed by atoms with Gasteiger partial charge in [0.2, 0.25) is 0 Å². The Labute approximate surface area is 141 Å². The van der Waals surface area contributed by atoms with Crippen LogP contribution in [0.15, 0.2) is 60.7 Å². The second kappa shape index (κ2) is 8.97. The molecule has 0 heterocycles. The zero-order valence-corrected chi connectivity index (χ0v) is 14.7. The molecule has 2 rings (SSSR count). The summed E-state index contributed by atoms with van der Waals surface area (Å²) in [4.78, 5) is 0. The number of hydrogen-bond acceptors (Lipinski definition) is 1. The summed E-state index contributed by atoms with van der Waals surface area (Å²) in [5.41, 5.74) is 3.06. The van der Waals surface area contributed by atoms with Crippen LogP contribution in [0.1, 0.15) is 50.2 Å². The van der Waals surface area contributed by atoms with Crippen LogP contribution in [-0.4, -0.2) is 12.6 Å². The lowest BCUT2D eigenvalue weighted by atomic mass is 9.85. The minimum Gasteiger partial charge on any atom is -0.315 e. The molecule has 0 unspecified atom stereocenters. The minimum absolute atomic E-state index is 0. The molecule has 0 aromatic heterocycles. The molecular weight excluding hydrogens is 290 g/mol. The third-order valence-corrected chi connectivity index (χ3v) is 4.38. The van der Waals surface area contributed by atoms with Gasteiger partial charge in [0.15, 0.2) is 0 Å². The van der Waals surface area contributed by atoms with Gasteiger partial charge in [0, 0.05) is 11.5 Å². The van der Waals surface area contributed by atoms with E-state index in [0.717, 1.165) is 0 Å². The molecular formula is C20H28ClN. The van der Waals surface area contributed by atoms with Crippen molar-refractivity contribution in [3.8, 4) is 0 Å². The molecule has 0 aliphatic rings. The molecule has 0 atom stereocenters.